The normalized spacial score (nSPS) is 11.5. The zero-order valence-electron chi connectivity index (χ0n) is 9.52. The predicted octanol–water partition coefficient (Wildman–Crippen LogP) is 2.02. The summed E-state index contributed by atoms with van der Waals surface area (Å²) >= 11 is 6.70. The van der Waals surface area contributed by atoms with Crippen molar-refractivity contribution in [2.45, 2.75) is 11.8 Å². The van der Waals surface area contributed by atoms with Gasteiger partial charge in [0.1, 0.15) is 9.90 Å². The number of halogens is 2. The van der Waals surface area contributed by atoms with Gasteiger partial charge in [-0.3, -0.25) is 4.72 Å². The molecule has 0 aliphatic rings. The minimum absolute atomic E-state index is 0.0210. The molecular weight excluding hydrogens is 315 g/mol. The van der Waals surface area contributed by atoms with Crippen LogP contribution in [0.2, 0.25) is 5.02 Å². The van der Waals surface area contributed by atoms with Gasteiger partial charge in [0.25, 0.3) is 10.0 Å². The fourth-order valence-electron chi connectivity index (χ4n) is 1.29. The summed E-state index contributed by atoms with van der Waals surface area (Å²) in [6.07, 6.45) is 0. The lowest BCUT2D eigenvalue weighted by Crippen LogP contribution is -2.15. The highest BCUT2D eigenvalue weighted by Gasteiger charge is 2.23. The van der Waals surface area contributed by atoms with Gasteiger partial charge in [-0.2, -0.15) is 0 Å². The Labute approximate surface area is 117 Å². The molecule has 1 heterocycles. The molecule has 1 aromatic carbocycles. The van der Waals surface area contributed by atoms with E-state index < -0.39 is 20.7 Å². The highest BCUT2D eigenvalue weighted by molar-refractivity contribution is 7.93. The van der Waals surface area contributed by atoms with Crippen molar-refractivity contribution in [3.05, 3.63) is 28.0 Å². The summed E-state index contributed by atoms with van der Waals surface area (Å²) in [5, 5.41) is 7.87. The van der Waals surface area contributed by atoms with Crippen LogP contribution in [0.5, 0.6) is 0 Å². The molecule has 10 heteroatoms. The number of nitrogens with one attached hydrogen (secondary N) is 1. The first-order chi connectivity index (χ1) is 8.79. The van der Waals surface area contributed by atoms with Crippen molar-refractivity contribution < 1.29 is 12.8 Å². The zero-order valence-corrected chi connectivity index (χ0v) is 11.9. The van der Waals surface area contributed by atoms with Crippen LogP contribution >= 0.6 is 22.9 Å². The molecule has 0 saturated heterocycles. The second-order valence-electron chi connectivity index (χ2n) is 3.54. The Balaban J connectivity index is 2.45. The predicted molar refractivity (Wildman–Crippen MR) is 71.3 cm³/mol. The molecule has 0 fully saturated rings. The first-order valence-electron chi connectivity index (χ1n) is 4.87. The molecule has 6 nitrogen and oxygen atoms in total. The van der Waals surface area contributed by atoms with Crippen molar-refractivity contribution in [1.29, 1.82) is 0 Å². The van der Waals surface area contributed by atoms with Gasteiger partial charge in [-0.1, -0.05) is 22.9 Å². The Bertz CT molecular complexity index is 732. The van der Waals surface area contributed by atoms with Crippen molar-refractivity contribution in [3.8, 4) is 0 Å². The van der Waals surface area contributed by atoms with E-state index in [1.165, 1.54) is 0 Å². The number of benzene rings is 1. The minimum Gasteiger partial charge on any atom is -0.396 e. The maximum Gasteiger partial charge on any atom is 0.266 e. The van der Waals surface area contributed by atoms with E-state index in [4.69, 9.17) is 17.3 Å². The van der Waals surface area contributed by atoms with Gasteiger partial charge in [-0.05, 0) is 19.1 Å². The van der Waals surface area contributed by atoms with Crippen LogP contribution < -0.4 is 10.5 Å². The second kappa shape index (κ2) is 4.91. The molecule has 0 atom stereocenters. The Morgan fingerprint density at radius 1 is 1.42 bits per heavy atom. The number of sulfonamides is 1. The lowest BCUT2D eigenvalue weighted by Gasteiger charge is -2.08. The SMILES string of the molecule is Cc1nnc(NS(=O)(=O)c2cc(Cl)cc(N)c2F)s1. The molecule has 1 aromatic heterocycles. The Hall–Kier alpha value is -1.45. The maximum absolute atomic E-state index is 13.7. The molecule has 0 amide bonds. The van der Waals surface area contributed by atoms with Crippen LogP contribution in [0.1, 0.15) is 5.01 Å². The number of nitrogen functional groups attached to an aromatic ring is 1. The highest BCUT2D eigenvalue weighted by atomic mass is 35.5. The van der Waals surface area contributed by atoms with E-state index in [9.17, 15) is 12.8 Å². The quantitative estimate of drug-likeness (QED) is 0.842. The molecule has 102 valence electrons. The third kappa shape index (κ3) is 2.94. The molecule has 2 rings (SSSR count). The van der Waals surface area contributed by atoms with Gasteiger partial charge in [-0.15, -0.1) is 10.2 Å². The Kier molecular flexibility index (Phi) is 3.61. The Morgan fingerprint density at radius 2 is 2.11 bits per heavy atom. The number of aromatic nitrogens is 2. The molecule has 0 unspecified atom stereocenters. The summed E-state index contributed by atoms with van der Waals surface area (Å²) in [4.78, 5) is -0.634. The molecule has 0 bridgehead atoms. The average Bonchev–Trinajstić information content (AvgIpc) is 2.68. The third-order valence-electron chi connectivity index (χ3n) is 2.07. The number of anilines is 2. The zero-order chi connectivity index (χ0) is 14.2. The second-order valence-corrected chi connectivity index (χ2v) is 6.81. The topological polar surface area (TPSA) is 98.0 Å². The van der Waals surface area contributed by atoms with E-state index in [1.807, 2.05) is 0 Å². The summed E-state index contributed by atoms with van der Waals surface area (Å²) in [5.41, 5.74) is 4.99. The first kappa shape index (κ1) is 14.0. The fraction of sp³-hybridized carbons (Fsp3) is 0.111. The van der Waals surface area contributed by atoms with Crippen molar-refractivity contribution in [2.75, 3.05) is 10.5 Å². The first-order valence-corrected chi connectivity index (χ1v) is 7.55. The molecule has 3 N–H and O–H groups in total. The summed E-state index contributed by atoms with van der Waals surface area (Å²) in [5.74, 6) is -1.06. The van der Waals surface area contributed by atoms with Crippen molar-refractivity contribution in [1.82, 2.24) is 10.2 Å². The summed E-state index contributed by atoms with van der Waals surface area (Å²) in [7, 11) is -4.16. The van der Waals surface area contributed by atoms with Gasteiger partial charge in [0.15, 0.2) is 5.82 Å². The third-order valence-corrected chi connectivity index (χ3v) is 4.51. The van der Waals surface area contributed by atoms with Crippen LogP contribution in [0.25, 0.3) is 0 Å². The van der Waals surface area contributed by atoms with Gasteiger partial charge in [0.2, 0.25) is 5.13 Å². The Morgan fingerprint density at radius 3 is 2.68 bits per heavy atom. The number of nitrogens with zero attached hydrogens (tertiary/aromatic N) is 2. The molecule has 0 aliphatic heterocycles. The number of nitrogens with two attached hydrogens (primary N) is 1. The van der Waals surface area contributed by atoms with E-state index >= 15 is 0 Å². The number of hydrogen-bond donors (Lipinski definition) is 2. The van der Waals surface area contributed by atoms with Gasteiger partial charge >= 0.3 is 0 Å². The molecule has 0 spiro atoms. The maximum atomic E-state index is 13.7. The van der Waals surface area contributed by atoms with E-state index in [-0.39, 0.29) is 15.8 Å². The van der Waals surface area contributed by atoms with Gasteiger partial charge in [-0.25, -0.2) is 12.8 Å². The van der Waals surface area contributed by atoms with E-state index in [0.717, 1.165) is 23.5 Å². The molecule has 0 saturated carbocycles. The lowest BCUT2D eigenvalue weighted by atomic mass is 10.3. The molecule has 19 heavy (non-hydrogen) atoms. The minimum atomic E-state index is -4.16. The largest absolute Gasteiger partial charge is 0.396 e. The average molecular weight is 323 g/mol. The monoisotopic (exact) mass is 322 g/mol. The van der Waals surface area contributed by atoms with Crippen molar-refractivity contribution in [3.63, 3.8) is 0 Å². The highest BCUT2D eigenvalue weighted by Crippen LogP contribution is 2.27. The molecular formula is C9H8ClFN4O2S2. The molecule has 0 aliphatic carbocycles. The lowest BCUT2D eigenvalue weighted by molar-refractivity contribution is 0.573. The van der Waals surface area contributed by atoms with Crippen LogP contribution in [0.4, 0.5) is 15.2 Å². The van der Waals surface area contributed by atoms with Crippen LogP contribution in [-0.4, -0.2) is 18.6 Å². The summed E-state index contributed by atoms with van der Waals surface area (Å²) in [6, 6.07) is 2.11. The van der Waals surface area contributed by atoms with E-state index in [0.29, 0.717) is 5.01 Å². The van der Waals surface area contributed by atoms with E-state index in [1.54, 1.807) is 6.92 Å². The van der Waals surface area contributed by atoms with Gasteiger partial charge in [0.05, 0.1) is 5.69 Å². The van der Waals surface area contributed by atoms with Gasteiger partial charge in [0, 0.05) is 5.02 Å². The van der Waals surface area contributed by atoms with Gasteiger partial charge < -0.3 is 5.73 Å². The molecule has 2 aromatic rings. The number of aryl methyl sites for hydroxylation is 1. The van der Waals surface area contributed by atoms with Crippen molar-refractivity contribution >= 4 is 43.8 Å². The van der Waals surface area contributed by atoms with Crippen molar-refractivity contribution in [2.24, 2.45) is 0 Å². The number of hydrogen-bond acceptors (Lipinski definition) is 6. The van der Waals surface area contributed by atoms with Crippen LogP contribution in [-0.2, 0) is 10.0 Å². The van der Waals surface area contributed by atoms with Crippen LogP contribution in [0.3, 0.4) is 0 Å². The summed E-state index contributed by atoms with van der Waals surface area (Å²) in [6.45, 7) is 1.66. The molecule has 0 radical (unpaired) electrons. The number of rotatable bonds is 3. The summed E-state index contributed by atoms with van der Waals surface area (Å²) < 4.78 is 39.9. The standard InChI is InChI=1S/C9H8ClFN4O2S2/c1-4-13-14-9(18-4)15-19(16,17)7-3-5(10)2-6(12)8(7)11/h2-3H,12H2,1H3,(H,14,15). The van der Waals surface area contributed by atoms with Crippen LogP contribution in [0.15, 0.2) is 17.0 Å². The van der Waals surface area contributed by atoms with E-state index in [2.05, 4.69) is 14.9 Å². The fourth-order valence-corrected chi connectivity index (χ4v) is 3.53. The van der Waals surface area contributed by atoms with Crippen LogP contribution in [0, 0.1) is 12.7 Å². The smallest absolute Gasteiger partial charge is 0.266 e.